The predicted octanol–water partition coefficient (Wildman–Crippen LogP) is 2.23. The SMILES string of the molecule is c1ccc([C@@H]2O[n+]3ccccc3[Se][C@H]2c2ccccc2)cc1. The number of aromatic nitrogens is 1. The second kappa shape index (κ2) is 5.96. The minimum atomic E-state index is 0.0588. The molecule has 1 aliphatic heterocycles. The Labute approximate surface area is 136 Å². The number of fused-ring (bicyclic) bond motifs is 1. The Morgan fingerprint density at radius 2 is 1.36 bits per heavy atom. The summed E-state index contributed by atoms with van der Waals surface area (Å²) in [4.78, 5) is 6.70. The van der Waals surface area contributed by atoms with Crippen molar-refractivity contribution in [2.24, 2.45) is 0 Å². The number of benzene rings is 2. The molecule has 0 spiro atoms. The molecule has 22 heavy (non-hydrogen) atoms. The zero-order chi connectivity index (χ0) is 14.8. The normalized spacial score (nSPS) is 20.0. The molecular formula is C19H16NOSe+. The van der Waals surface area contributed by atoms with Gasteiger partial charge in [-0.1, -0.05) is 0 Å². The van der Waals surface area contributed by atoms with E-state index in [1.54, 1.807) is 0 Å². The maximum atomic E-state index is 6.32. The Balaban J connectivity index is 1.79. The summed E-state index contributed by atoms with van der Waals surface area (Å²) in [6.07, 6.45) is 2.07. The average Bonchev–Trinajstić information content (AvgIpc) is 2.62. The van der Waals surface area contributed by atoms with E-state index in [0.29, 0.717) is 19.8 Å². The molecule has 2 heterocycles. The van der Waals surface area contributed by atoms with Crippen LogP contribution in [0.5, 0.6) is 0 Å². The Hall–Kier alpha value is -2.09. The molecule has 3 aromatic rings. The first-order chi connectivity index (χ1) is 10.9. The van der Waals surface area contributed by atoms with E-state index in [4.69, 9.17) is 4.84 Å². The molecule has 3 heteroatoms. The summed E-state index contributed by atoms with van der Waals surface area (Å²) in [6, 6.07) is 27.5. The van der Waals surface area contributed by atoms with Gasteiger partial charge in [0.2, 0.25) is 0 Å². The van der Waals surface area contributed by atoms with Crippen LogP contribution in [0.15, 0.2) is 85.1 Å². The number of rotatable bonds is 2. The standard InChI is InChI=1S/C19H16NOSe/c1-3-9-15(10-4-1)18-19(16-11-5-2-6-12-16)22-17-13-7-8-14-20(17)21-18/h1-14,18-19H/q+1/t18-,19-/m0/s1. The third kappa shape index (κ3) is 2.54. The van der Waals surface area contributed by atoms with Gasteiger partial charge in [0.15, 0.2) is 0 Å². The van der Waals surface area contributed by atoms with Crippen molar-refractivity contribution < 1.29 is 9.57 Å². The molecule has 2 nitrogen and oxygen atoms in total. The summed E-state index contributed by atoms with van der Waals surface area (Å²) in [5, 5.41) is 0. The van der Waals surface area contributed by atoms with Crippen LogP contribution in [0.2, 0.25) is 0 Å². The van der Waals surface area contributed by atoms with Crippen molar-refractivity contribution in [1.82, 2.24) is 0 Å². The fraction of sp³-hybridized carbons (Fsp3) is 0.105. The van der Waals surface area contributed by atoms with Crippen LogP contribution in [-0.4, -0.2) is 15.0 Å². The number of pyridine rings is 1. The van der Waals surface area contributed by atoms with Crippen LogP contribution in [-0.2, 0) is 0 Å². The van der Waals surface area contributed by atoms with Crippen LogP contribution in [0, 0.1) is 0 Å². The van der Waals surface area contributed by atoms with Gasteiger partial charge in [0.05, 0.1) is 0 Å². The van der Waals surface area contributed by atoms with E-state index in [-0.39, 0.29) is 6.10 Å². The number of hydrogen-bond acceptors (Lipinski definition) is 1. The Morgan fingerprint density at radius 1 is 0.727 bits per heavy atom. The van der Waals surface area contributed by atoms with Crippen molar-refractivity contribution in [3.8, 4) is 0 Å². The number of nitrogens with zero attached hydrogens (tertiary/aromatic N) is 1. The quantitative estimate of drug-likeness (QED) is 0.509. The second-order valence-electron chi connectivity index (χ2n) is 5.25. The van der Waals surface area contributed by atoms with Gasteiger partial charge in [0.1, 0.15) is 0 Å². The van der Waals surface area contributed by atoms with Crippen molar-refractivity contribution in [2.75, 3.05) is 0 Å². The molecule has 0 aliphatic carbocycles. The first-order valence-corrected chi connectivity index (χ1v) is 9.21. The third-order valence-corrected chi connectivity index (χ3v) is 6.59. The molecule has 1 aliphatic rings. The molecule has 0 radical (unpaired) electrons. The van der Waals surface area contributed by atoms with Gasteiger partial charge in [0, 0.05) is 0 Å². The molecule has 0 N–H and O–H groups in total. The van der Waals surface area contributed by atoms with E-state index < -0.39 is 0 Å². The first-order valence-electron chi connectivity index (χ1n) is 7.36. The van der Waals surface area contributed by atoms with Gasteiger partial charge in [-0.15, -0.1) is 0 Å². The van der Waals surface area contributed by atoms with Crippen LogP contribution in [0.4, 0.5) is 0 Å². The Bertz CT molecular complexity index is 694. The summed E-state index contributed by atoms with van der Waals surface area (Å²) in [6.45, 7) is 0. The van der Waals surface area contributed by atoms with Gasteiger partial charge in [-0.05, 0) is 0 Å². The summed E-state index contributed by atoms with van der Waals surface area (Å²) >= 11 is 0.321. The molecule has 1 aromatic heterocycles. The summed E-state index contributed by atoms with van der Waals surface area (Å²) < 4.78 is 3.22. The summed E-state index contributed by atoms with van der Waals surface area (Å²) in [5.74, 6) is 0. The maximum absolute atomic E-state index is 6.32. The van der Waals surface area contributed by atoms with Crippen LogP contribution in [0.1, 0.15) is 22.0 Å². The fourth-order valence-electron chi connectivity index (χ4n) is 2.72. The molecule has 0 saturated carbocycles. The van der Waals surface area contributed by atoms with Gasteiger partial charge in [-0.3, -0.25) is 0 Å². The van der Waals surface area contributed by atoms with Crippen LogP contribution in [0.25, 0.3) is 0 Å². The zero-order valence-corrected chi connectivity index (χ0v) is 13.7. The van der Waals surface area contributed by atoms with Crippen LogP contribution in [0.3, 0.4) is 0 Å². The van der Waals surface area contributed by atoms with E-state index in [1.807, 2.05) is 17.0 Å². The summed E-state index contributed by atoms with van der Waals surface area (Å²) in [7, 11) is 0. The van der Waals surface area contributed by atoms with E-state index in [2.05, 4.69) is 72.8 Å². The zero-order valence-electron chi connectivity index (χ0n) is 12.0. The topological polar surface area (TPSA) is 13.1 Å². The van der Waals surface area contributed by atoms with E-state index >= 15 is 0 Å². The van der Waals surface area contributed by atoms with Gasteiger partial charge < -0.3 is 0 Å². The van der Waals surface area contributed by atoms with Crippen molar-refractivity contribution in [2.45, 2.75) is 10.9 Å². The molecule has 0 bridgehead atoms. The third-order valence-electron chi connectivity index (χ3n) is 3.79. The Morgan fingerprint density at radius 3 is 2.09 bits per heavy atom. The molecule has 2 aromatic carbocycles. The molecule has 4 rings (SSSR count). The van der Waals surface area contributed by atoms with Gasteiger partial charge >= 0.3 is 136 Å². The van der Waals surface area contributed by atoms with Gasteiger partial charge in [-0.25, -0.2) is 0 Å². The van der Waals surface area contributed by atoms with Crippen LogP contribution >= 0.6 is 0 Å². The minimum absolute atomic E-state index is 0.0588. The van der Waals surface area contributed by atoms with Crippen molar-refractivity contribution in [3.05, 3.63) is 96.2 Å². The first kappa shape index (κ1) is 13.6. The monoisotopic (exact) mass is 354 g/mol. The van der Waals surface area contributed by atoms with E-state index in [0.717, 1.165) is 0 Å². The van der Waals surface area contributed by atoms with Crippen LogP contribution < -0.4 is 14.2 Å². The molecule has 0 fully saturated rings. The Kier molecular flexibility index (Phi) is 3.67. The van der Waals surface area contributed by atoms with E-state index in [1.165, 1.54) is 15.7 Å². The molecule has 0 amide bonds. The molecule has 0 saturated heterocycles. The molecule has 0 unspecified atom stereocenters. The molecular weight excluding hydrogens is 337 g/mol. The van der Waals surface area contributed by atoms with Crippen molar-refractivity contribution in [1.29, 1.82) is 0 Å². The van der Waals surface area contributed by atoms with Gasteiger partial charge in [-0.2, -0.15) is 0 Å². The molecule has 108 valence electrons. The molecule has 2 atom stereocenters. The predicted molar refractivity (Wildman–Crippen MR) is 87.0 cm³/mol. The van der Waals surface area contributed by atoms with E-state index in [9.17, 15) is 0 Å². The number of hydrogen-bond donors (Lipinski definition) is 0. The second-order valence-corrected chi connectivity index (χ2v) is 7.69. The van der Waals surface area contributed by atoms with Gasteiger partial charge in [0.25, 0.3) is 0 Å². The van der Waals surface area contributed by atoms with Crippen molar-refractivity contribution in [3.63, 3.8) is 0 Å². The average molecular weight is 353 g/mol. The van der Waals surface area contributed by atoms with Crippen molar-refractivity contribution >= 4 is 19.5 Å². The summed E-state index contributed by atoms with van der Waals surface area (Å²) in [5.41, 5.74) is 2.59. The fourth-order valence-corrected chi connectivity index (χ4v) is 5.34.